The Kier molecular flexibility index (Phi) is 11.4. The number of benzene rings is 8. The molecule has 14 rings (SSSR count). The van der Waals surface area contributed by atoms with Crippen molar-refractivity contribution in [2.24, 2.45) is 0 Å². The predicted octanol–water partition coefficient (Wildman–Crippen LogP) is 17.9. The van der Waals surface area contributed by atoms with Gasteiger partial charge in [0.05, 0.1) is 21.1 Å². The molecule has 0 saturated heterocycles. The van der Waals surface area contributed by atoms with Crippen LogP contribution in [0.3, 0.4) is 0 Å². The van der Waals surface area contributed by atoms with Gasteiger partial charge in [0.15, 0.2) is 0 Å². The van der Waals surface area contributed by atoms with Gasteiger partial charge in [0.2, 0.25) is 0 Å². The zero-order chi connectivity index (χ0) is 45.6. The van der Waals surface area contributed by atoms with E-state index in [2.05, 4.69) is 151 Å². The maximum atomic E-state index is 8.51. The first-order chi connectivity index (χ1) is 33.6. The monoisotopic (exact) mass is 965 g/mol. The fourth-order valence-electron chi connectivity index (χ4n) is 9.01. The number of thiophene rings is 4. The van der Waals surface area contributed by atoms with Crippen molar-refractivity contribution < 1.29 is 9.68 Å². The van der Waals surface area contributed by atoms with Gasteiger partial charge in [0, 0.05) is 111 Å². The lowest BCUT2D eigenvalue weighted by atomic mass is 9.96. The summed E-state index contributed by atoms with van der Waals surface area (Å²) in [5.74, 6) is 0.561. The summed E-state index contributed by atoms with van der Waals surface area (Å²) < 4.78 is 15.3. The predicted molar refractivity (Wildman–Crippen MR) is 296 cm³/mol. The van der Waals surface area contributed by atoms with Gasteiger partial charge < -0.3 is 9.68 Å². The lowest BCUT2D eigenvalue weighted by Crippen LogP contribution is -1.99. The molecule has 1 N–H and O–H groups in total. The number of aromatic nitrogens is 2. The third kappa shape index (κ3) is 7.77. The highest BCUT2D eigenvalue weighted by molar-refractivity contribution is 7.29. The first-order valence-corrected chi connectivity index (χ1v) is 25.6. The van der Waals surface area contributed by atoms with Crippen LogP contribution in [0.5, 0.6) is 5.75 Å². The molecule has 0 aliphatic heterocycles. The second-order valence-electron chi connectivity index (χ2n) is 16.1. The number of pyridine rings is 2. The molecule has 4 nitrogen and oxygen atoms in total. The van der Waals surface area contributed by atoms with Crippen LogP contribution in [0.25, 0.3) is 114 Å². The van der Waals surface area contributed by atoms with Crippen molar-refractivity contribution in [2.45, 2.75) is 0 Å². The number of hydrogen-bond acceptors (Lipinski definition) is 8. The van der Waals surface area contributed by atoms with Gasteiger partial charge in [-0.05, 0) is 60.2 Å². The lowest BCUT2D eigenvalue weighted by molar-refractivity contribution is 0.453. The third-order valence-electron chi connectivity index (χ3n) is 12.1. The number of fused-ring (bicyclic) bond motifs is 12. The van der Waals surface area contributed by atoms with E-state index in [1.54, 1.807) is 29.7 Å². The maximum Gasteiger partial charge on any atom is 0.569 e. The molecular formula is C58H35BClN2O2S4. The van der Waals surface area contributed by atoms with Crippen LogP contribution in [-0.4, -0.2) is 22.7 Å². The first kappa shape index (κ1) is 42.4. The minimum atomic E-state index is 0.561. The number of hydrogen-bond donors (Lipinski definition) is 1. The van der Waals surface area contributed by atoms with Crippen LogP contribution in [0.4, 0.5) is 0 Å². The summed E-state index contributed by atoms with van der Waals surface area (Å²) in [6.45, 7) is 0. The van der Waals surface area contributed by atoms with E-state index < -0.39 is 0 Å². The van der Waals surface area contributed by atoms with Crippen molar-refractivity contribution in [3.8, 4) is 39.4 Å². The normalized spacial score (nSPS) is 11.4. The summed E-state index contributed by atoms with van der Waals surface area (Å²) in [4.78, 5) is 8.91. The van der Waals surface area contributed by atoms with Gasteiger partial charge in [0.1, 0.15) is 5.75 Å². The summed E-state index contributed by atoms with van der Waals surface area (Å²) in [5.41, 5.74) is 6.54. The van der Waals surface area contributed by atoms with E-state index in [0.29, 0.717) is 13.4 Å². The maximum absolute atomic E-state index is 8.51. The van der Waals surface area contributed by atoms with Gasteiger partial charge >= 0.3 is 7.69 Å². The second-order valence-corrected chi connectivity index (χ2v) is 20.7. The molecular weight excluding hydrogens is 931 g/mol. The molecule has 323 valence electrons. The van der Waals surface area contributed by atoms with E-state index in [0.717, 1.165) is 27.5 Å². The topological polar surface area (TPSA) is 55.2 Å². The van der Waals surface area contributed by atoms with Crippen LogP contribution in [0.2, 0.25) is 5.02 Å². The molecule has 0 aliphatic rings. The molecule has 0 unspecified atom stereocenters. The van der Waals surface area contributed by atoms with Crippen LogP contribution < -0.4 is 4.65 Å². The SMILES string of the molecule is Clc1c2sc3ccccc3c2cc2sc3ccccc3c12.O[B]Oc1ccnc(-c2ccccc2)c1.c1ccc(-c2cc(-c3c4sc5ccccc5c4cc4sc5ccccc5c34)ccn2)cc1. The van der Waals surface area contributed by atoms with E-state index >= 15 is 0 Å². The van der Waals surface area contributed by atoms with Crippen molar-refractivity contribution >= 4 is 145 Å². The quantitative estimate of drug-likeness (QED) is 0.175. The molecule has 0 fully saturated rings. The van der Waals surface area contributed by atoms with E-state index in [4.69, 9.17) is 26.3 Å². The Morgan fingerprint density at radius 1 is 0.397 bits per heavy atom. The molecule has 14 aromatic rings. The van der Waals surface area contributed by atoms with Crippen LogP contribution in [0, 0.1) is 0 Å². The highest BCUT2D eigenvalue weighted by Crippen LogP contribution is 2.50. The smallest absolute Gasteiger partial charge is 0.537 e. The molecule has 0 spiro atoms. The minimum Gasteiger partial charge on any atom is -0.537 e. The molecule has 10 heteroatoms. The van der Waals surface area contributed by atoms with Gasteiger partial charge in [-0.1, -0.05) is 145 Å². The Labute approximate surface area is 412 Å². The molecule has 0 amide bonds. The highest BCUT2D eigenvalue weighted by Gasteiger charge is 2.20. The lowest BCUT2D eigenvalue weighted by Gasteiger charge is -2.09. The summed E-state index contributed by atoms with van der Waals surface area (Å²) in [6, 6.07) is 67.4. The standard InChI is InChI=1S/C29H17NS2.C18H9ClS2.C11H9BNO2/c1-2-8-18(9-3-1)23-16-19(14-15-30-23)27-28-21-11-5-7-13-25(21)31-26(28)17-22-20-10-4-6-12-24(20)32-29(22)27;19-17-16-11-6-2-4-8-14(11)20-15(16)9-12-10-5-1-3-7-13(10)21-18(12)17;14-12-15-10-6-7-13-11(8-10)9-4-2-1-3-5-9/h1-17H;1-9H;1-8,14H. The van der Waals surface area contributed by atoms with Gasteiger partial charge in [-0.15, -0.1) is 45.3 Å². The Balaban J connectivity index is 0.000000115. The summed E-state index contributed by atoms with van der Waals surface area (Å²) >= 11 is 14.2. The van der Waals surface area contributed by atoms with Gasteiger partial charge in [-0.25, -0.2) is 0 Å². The third-order valence-corrected chi connectivity index (χ3v) is 17.2. The Bertz CT molecular complexity index is 4140. The fraction of sp³-hybridized carbons (Fsp3) is 0. The van der Waals surface area contributed by atoms with Crippen LogP contribution in [0.15, 0.2) is 207 Å². The van der Waals surface area contributed by atoms with Gasteiger partial charge in [-0.2, -0.15) is 0 Å². The Morgan fingerprint density at radius 3 is 1.44 bits per heavy atom. The van der Waals surface area contributed by atoms with Crippen molar-refractivity contribution in [1.82, 2.24) is 9.97 Å². The molecule has 0 atom stereocenters. The molecule has 1 radical (unpaired) electrons. The van der Waals surface area contributed by atoms with E-state index in [1.807, 2.05) is 76.6 Å². The largest absolute Gasteiger partial charge is 0.569 e. The van der Waals surface area contributed by atoms with Crippen molar-refractivity contribution in [1.29, 1.82) is 0 Å². The summed E-state index contributed by atoms with van der Waals surface area (Å²) in [6.07, 6.45) is 3.59. The molecule has 6 heterocycles. The minimum absolute atomic E-state index is 0.561. The number of nitrogens with zero attached hydrogens (tertiary/aromatic N) is 2. The van der Waals surface area contributed by atoms with Crippen molar-refractivity contribution in [3.63, 3.8) is 0 Å². The molecule has 68 heavy (non-hydrogen) atoms. The molecule has 0 bridgehead atoms. The van der Waals surface area contributed by atoms with Gasteiger partial charge in [-0.3, -0.25) is 9.97 Å². The van der Waals surface area contributed by atoms with Crippen molar-refractivity contribution in [3.05, 3.63) is 212 Å². The van der Waals surface area contributed by atoms with E-state index in [9.17, 15) is 0 Å². The molecule has 6 aromatic heterocycles. The summed E-state index contributed by atoms with van der Waals surface area (Å²) in [7, 11) is 0.657. The second kappa shape index (κ2) is 18.3. The first-order valence-electron chi connectivity index (χ1n) is 21.9. The van der Waals surface area contributed by atoms with Gasteiger partial charge in [0.25, 0.3) is 0 Å². The zero-order valence-electron chi connectivity index (χ0n) is 36.0. The molecule has 0 aliphatic carbocycles. The van der Waals surface area contributed by atoms with E-state index in [1.165, 1.54) is 91.8 Å². The Hall–Kier alpha value is -6.95. The number of halogens is 1. The average molecular weight is 966 g/mol. The zero-order valence-corrected chi connectivity index (χ0v) is 40.0. The average Bonchev–Trinajstić information content (AvgIpc) is 4.17. The molecule has 0 saturated carbocycles. The highest BCUT2D eigenvalue weighted by atomic mass is 35.5. The van der Waals surface area contributed by atoms with Crippen molar-refractivity contribution in [2.75, 3.05) is 0 Å². The Morgan fingerprint density at radius 2 is 0.853 bits per heavy atom. The summed E-state index contributed by atoms with van der Waals surface area (Å²) in [5, 5.41) is 19.8. The van der Waals surface area contributed by atoms with Crippen LogP contribution >= 0.6 is 56.9 Å². The van der Waals surface area contributed by atoms with Crippen LogP contribution in [0.1, 0.15) is 0 Å². The molecule has 8 aromatic carbocycles. The number of rotatable bonds is 5. The van der Waals surface area contributed by atoms with E-state index in [-0.39, 0.29) is 0 Å². The van der Waals surface area contributed by atoms with Crippen LogP contribution in [-0.2, 0) is 0 Å². The fourth-order valence-corrected chi connectivity index (χ4v) is 14.2.